The Morgan fingerprint density at radius 1 is 1.10 bits per heavy atom. The lowest BCUT2D eigenvalue weighted by atomic mass is 9.84. The summed E-state index contributed by atoms with van der Waals surface area (Å²) < 4.78 is 0. The van der Waals surface area contributed by atoms with Crippen LogP contribution >= 0.6 is 0 Å². The molecular weight excluding hydrogens is 484 g/mol. The van der Waals surface area contributed by atoms with Crippen molar-refractivity contribution < 1.29 is 15.0 Å². The molecule has 2 unspecified atom stereocenters. The van der Waals surface area contributed by atoms with Crippen LogP contribution < -0.4 is 10.2 Å². The van der Waals surface area contributed by atoms with Gasteiger partial charge in [-0.05, 0) is 72.7 Å². The van der Waals surface area contributed by atoms with E-state index in [1.807, 2.05) is 53.5 Å². The van der Waals surface area contributed by atoms with Crippen molar-refractivity contribution in [2.75, 3.05) is 18.1 Å². The first kappa shape index (κ1) is 28.1. The molecule has 4 rings (SSSR count). The van der Waals surface area contributed by atoms with E-state index in [9.17, 15) is 15.0 Å². The van der Waals surface area contributed by atoms with Crippen LogP contribution in [0.15, 0.2) is 103 Å². The normalized spacial score (nSPS) is 19.7. The Morgan fingerprint density at radius 3 is 2.51 bits per heavy atom. The van der Waals surface area contributed by atoms with Gasteiger partial charge in [0.25, 0.3) is 0 Å². The van der Waals surface area contributed by atoms with Gasteiger partial charge in [-0.15, -0.1) is 0 Å². The molecule has 2 atom stereocenters. The Bertz CT molecular complexity index is 1390. The van der Waals surface area contributed by atoms with Gasteiger partial charge >= 0.3 is 0 Å². The molecule has 39 heavy (non-hydrogen) atoms. The number of phenols is 1. The number of allylic oxidation sites excluding steroid dienone is 2. The molecule has 0 saturated carbocycles. The van der Waals surface area contributed by atoms with Crippen molar-refractivity contribution in [3.8, 4) is 5.75 Å². The number of anilines is 1. The van der Waals surface area contributed by atoms with Gasteiger partial charge in [-0.3, -0.25) is 10.1 Å². The maximum atomic E-state index is 14.8. The third-order valence-corrected chi connectivity index (χ3v) is 7.55. The van der Waals surface area contributed by atoms with Crippen molar-refractivity contribution in [2.24, 2.45) is 0 Å². The predicted molar refractivity (Wildman–Crippen MR) is 159 cm³/mol. The minimum Gasteiger partial charge on any atom is -0.508 e. The minimum absolute atomic E-state index is 0.00741. The summed E-state index contributed by atoms with van der Waals surface area (Å²) in [6, 6.07) is 21.3. The highest BCUT2D eigenvalue weighted by Crippen LogP contribution is 2.40. The molecule has 1 aliphatic rings. The molecule has 1 aliphatic heterocycles. The number of aliphatic hydroxyl groups excluding tert-OH is 1. The lowest BCUT2D eigenvalue weighted by Crippen LogP contribution is -2.59. The van der Waals surface area contributed by atoms with Gasteiger partial charge in [-0.2, -0.15) is 0 Å². The molecule has 0 fully saturated rings. The maximum Gasteiger partial charge on any atom is 0.247 e. The Labute approximate surface area is 231 Å². The number of fused-ring (bicyclic) bond motifs is 1. The third kappa shape index (κ3) is 6.06. The molecule has 0 radical (unpaired) electrons. The molecule has 0 spiro atoms. The van der Waals surface area contributed by atoms with Gasteiger partial charge in [-0.25, -0.2) is 0 Å². The summed E-state index contributed by atoms with van der Waals surface area (Å²) in [6.07, 6.45) is 8.19. The lowest BCUT2D eigenvalue weighted by molar-refractivity contribution is -0.125. The monoisotopic (exact) mass is 522 g/mol. The summed E-state index contributed by atoms with van der Waals surface area (Å²) in [7, 11) is 0. The summed E-state index contributed by atoms with van der Waals surface area (Å²) >= 11 is 0. The first-order valence-corrected chi connectivity index (χ1v) is 13.4. The molecular formula is C34H38N2O3. The number of benzene rings is 3. The number of nitrogens with zero attached hydrogens (tertiary/aromatic N) is 1. The van der Waals surface area contributed by atoms with Crippen LogP contribution in [0.2, 0.25) is 0 Å². The van der Waals surface area contributed by atoms with Crippen molar-refractivity contribution in [2.45, 2.75) is 45.2 Å². The lowest BCUT2D eigenvalue weighted by Gasteiger charge is -2.37. The van der Waals surface area contributed by atoms with E-state index in [4.69, 9.17) is 0 Å². The fraction of sp³-hybridized carbons (Fsp3) is 0.265. The number of amides is 1. The average Bonchev–Trinajstić information content (AvgIpc) is 3.02. The molecule has 3 aromatic rings. The quantitative estimate of drug-likeness (QED) is 0.298. The number of rotatable bonds is 9. The van der Waals surface area contributed by atoms with Crippen LogP contribution in [-0.2, 0) is 11.2 Å². The number of nitrogens with one attached hydrogen (secondary N) is 1. The molecule has 0 saturated heterocycles. The number of aliphatic hydroxyl groups is 1. The van der Waals surface area contributed by atoms with E-state index in [-0.39, 0.29) is 24.3 Å². The minimum atomic E-state index is -0.901. The highest BCUT2D eigenvalue weighted by atomic mass is 16.3. The van der Waals surface area contributed by atoms with Crippen molar-refractivity contribution in [3.05, 3.63) is 131 Å². The second-order valence-electron chi connectivity index (χ2n) is 10.2. The second-order valence-corrected chi connectivity index (χ2v) is 10.2. The highest BCUT2D eigenvalue weighted by molar-refractivity contribution is 6.02. The third-order valence-electron chi connectivity index (χ3n) is 7.55. The second kappa shape index (κ2) is 12.3. The van der Waals surface area contributed by atoms with Crippen molar-refractivity contribution >= 4 is 11.6 Å². The molecule has 1 heterocycles. The molecule has 5 nitrogen and oxygen atoms in total. The molecule has 3 aromatic carbocycles. The Balaban J connectivity index is 1.95. The summed E-state index contributed by atoms with van der Waals surface area (Å²) in [5.41, 5.74) is 6.12. The number of aryl methyl sites for hydroxylation is 2. The van der Waals surface area contributed by atoms with E-state index < -0.39 is 5.54 Å². The van der Waals surface area contributed by atoms with Gasteiger partial charge in [-0.1, -0.05) is 91.9 Å². The number of phenolic OH excluding ortho intramolecular Hbond substituents is 1. The number of carbonyl (C=O) groups is 1. The fourth-order valence-corrected chi connectivity index (χ4v) is 5.36. The van der Waals surface area contributed by atoms with E-state index in [1.165, 1.54) is 0 Å². The molecule has 5 heteroatoms. The predicted octanol–water partition coefficient (Wildman–Crippen LogP) is 6.09. The molecule has 202 valence electrons. The molecule has 0 bridgehead atoms. The largest absolute Gasteiger partial charge is 0.508 e. The Hall–Kier alpha value is -3.93. The summed E-state index contributed by atoms with van der Waals surface area (Å²) in [4.78, 5) is 16.7. The zero-order valence-corrected chi connectivity index (χ0v) is 23.0. The van der Waals surface area contributed by atoms with Gasteiger partial charge in [0.05, 0.1) is 19.2 Å². The van der Waals surface area contributed by atoms with Crippen LogP contribution in [0.1, 0.15) is 47.2 Å². The fourth-order valence-electron chi connectivity index (χ4n) is 5.36. The number of hydrogen-bond donors (Lipinski definition) is 3. The molecule has 3 N–H and O–H groups in total. The van der Waals surface area contributed by atoms with Gasteiger partial charge < -0.3 is 15.1 Å². The van der Waals surface area contributed by atoms with Crippen LogP contribution in [0, 0.1) is 13.8 Å². The number of hydrogen-bond acceptors (Lipinski definition) is 4. The molecule has 1 amide bonds. The van der Waals surface area contributed by atoms with Crippen LogP contribution in [0.4, 0.5) is 5.69 Å². The van der Waals surface area contributed by atoms with E-state index in [1.54, 1.807) is 24.3 Å². The molecule has 0 aromatic heterocycles. The zero-order valence-electron chi connectivity index (χ0n) is 23.0. The van der Waals surface area contributed by atoms with Crippen molar-refractivity contribution in [1.82, 2.24) is 5.32 Å². The maximum absolute atomic E-state index is 14.8. The van der Waals surface area contributed by atoms with E-state index in [2.05, 4.69) is 50.9 Å². The van der Waals surface area contributed by atoms with Crippen molar-refractivity contribution in [3.63, 3.8) is 0 Å². The van der Waals surface area contributed by atoms with Crippen LogP contribution in [-0.4, -0.2) is 34.8 Å². The summed E-state index contributed by atoms with van der Waals surface area (Å²) in [5.74, 6) is 0.193. The Morgan fingerprint density at radius 2 is 1.85 bits per heavy atom. The van der Waals surface area contributed by atoms with Gasteiger partial charge in [0, 0.05) is 5.69 Å². The Kier molecular flexibility index (Phi) is 8.85. The van der Waals surface area contributed by atoms with Crippen LogP contribution in [0.3, 0.4) is 0 Å². The van der Waals surface area contributed by atoms with E-state index in [0.29, 0.717) is 19.4 Å². The SMILES string of the molecule is C=C/C=C(\C=C/CO)CN1C(=O)C(CC)(Cc2ccccc2C)NC(c2ccc(O)cc2)c2cc(C)ccc21. The van der Waals surface area contributed by atoms with E-state index >= 15 is 0 Å². The zero-order chi connectivity index (χ0) is 28.0. The summed E-state index contributed by atoms with van der Waals surface area (Å²) in [5, 5.41) is 23.3. The number of aromatic hydroxyl groups is 1. The number of carbonyl (C=O) groups excluding carboxylic acids is 1. The van der Waals surface area contributed by atoms with Crippen LogP contribution in [0.5, 0.6) is 5.75 Å². The smallest absolute Gasteiger partial charge is 0.247 e. The topological polar surface area (TPSA) is 72.8 Å². The van der Waals surface area contributed by atoms with Gasteiger partial charge in [0.2, 0.25) is 5.91 Å². The average molecular weight is 523 g/mol. The molecule has 0 aliphatic carbocycles. The first-order chi connectivity index (χ1) is 18.8. The van der Waals surface area contributed by atoms with Crippen molar-refractivity contribution in [1.29, 1.82) is 0 Å². The highest BCUT2D eigenvalue weighted by Gasteiger charge is 2.46. The van der Waals surface area contributed by atoms with E-state index in [0.717, 1.165) is 39.1 Å². The van der Waals surface area contributed by atoms with Gasteiger partial charge in [0.15, 0.2) is 0 Å². The van der Waals surface area contributed by atoms with Gasteiger partial charge in [0.1, 0.15) is 11.3 Å². The standard InChI is InChI=1S/C34H38N2O3/c1-5-10-26(12-9-20-37)23-36-31-19-14-24(3)21-30(31)32(27-15-17-29(38)18-16-27)35-34(6-2,33(36)39)22-28-13-8-7-11-25(28)4/h5,7-19,21,32,35,37-38H,1,6,20,22-23H2,2-4H3/b12-9-,26-10+. The van der Waals surface area contributed by atoms with Crippen LogP contribution in [0.25, 0.3) is 0 Å². The summed E-state index contributed by atoms with van der Waals surface area (Å²) in [6.45, 7) is 10.3. The first-order valence-electron chi connectivity index (χ1n) is 13.4.